The molecule has 1 aliphatic carbocycles. The number of carbonyl (C=O) groups is 3. The second-order valence-electron chi connectivity index (χ2n) is 10.7. The number of aliphatic hydroxyl groups is 1. The molecule has 42 heavy (non-hydrogen) atoms. The maximum atomic E-state index is 12.2. The molecule has 0 aromatic heterocycles. The molecule has 0 bridgehead atoms. The fourth-order valence-electron chi connectivity index (χ4n) is 4.48. The van der Waals surface area contributed by atoms with Gasteiger partial charge in [-0.3, -0.25) is 18.9 Å². The van der Waals surface area contributed by atoms with Crippen molar-refractivity contribution in [1.82, 2.24) is 0 Å². The second-order valence-corrected chi connectivity index (χ2v) is 12.0. The first kappa shape index (κ1) is 37.9. The Morgan fingerprint density at radius 2 is 1.64 bits per heavy atom. The molecule has 3 N–H and O–H groups in total. The van der Waals surface area contributed by atoms with E-state index < -0.39 is 38.6 Å². The Morgan fingerprint density at radius 3 is 2.36 bits per heavy atom. The van der Waals surface area contributed by atoms with Crippen molar-refractivity contribution in [2.75, 3.05) is 13.2 Å². The van der Waals surface area contributed by atoms with Crippen molar-refractivity contribution in [3.05, 3.63) is 36.5 Å². The largest absolute Gasteiger partial charge is 0.469 e. The van der Waals surface area contributed by atoms with Crippen molar-refractivity contribution in [2.24, 2.45) is 11.8 Å². The van der Waals surface area contributed by atoms with Gasteiger partial charge >= 0.3 is 19.8 Å². The van der Waals surface area contributed by atoms with Crippen LogP contribution >= 0.6 is 7.82 Å². The van der Waals surface area contributed by atoms with E-state index in [1.807, 2.05) is 24.3 Å². The van der Waals surface area contributed by atoms with Gasteiger partial charge in [0.15, 0.2) is 11.9 Å². The van der Waals surface area contributed by atoms with Crippen molar-refractivity contribution >= 4 is 25.5 Å². The maximum absolute atomic E-state index is 12.2. The molecule has 0 saturated carbocycles. The highest BCUT2D eigenvalue weighted by atomic mass is 31.2. The number of phosphoric acid groups is 1. The third kappa shape index (κ3) is 19.2. The van der Waals surface area contributed by atoms with E-state index in [4.69, 9.17) is 19.3 Å². The fraction of sp³-hybridized carbons (Fsp3) is 0.710. The highest BCUT2D eigenvalue weighted by Gasteiger charge is 2.27. The van der Waals surface area contributed by atoms with Gasteiger partial charge in [0, 0.05) is 18.8 Å². The minimum atomic E-state index is -4.78. The summed E-state index contributed by atoms with van der Waals surface area (Å²) >= 11 is 0. The lowest BCUT2D eigenvalue weighted by molar-refractivity contribution is -0.161. The van der Waals surface area contributed by atoms with Gasteiger partial charge in [-0.15, -0.1) is 0 Å². The number of allylic oxidation sites excluding steroid dienone is 5. The smallest absolute Gasteiger partial charge is 0.462 e. The summed E-state index contributed by atoms with van der Waals surface area (Å²) in [6.45, 7) is 3.25. The average Bonchev–Trinajstić information content (AvgIpc) is 3.29. The van der Waals surface area contributed by atoms with E-state index in [2.05, 4.69) is 18.4 Å². The molecule has 0 aromatic carbocycles. The van der Waals surface area contributed by atoms with Gasteiger partial charge in [0.1, 0.15) is 6.61 Å². The minimum absolute atomic E-state index is 0.0316. The van der Waals surface area contributed by atoms with Crippen LogP contribution in [0.25, 0.3) is 0 Å². The first-order valence-electron chi connectivity index (χ1n) is 15.3. The predicted octanol–water partition coefficient (Wildman–Crippen LogP) is 5.90. The van der Waals surface area contributed by atoms with Crippen molar-refractivity contribution in [2.45, 2.75) is 116 Å². The van der Waals surface area contributed by atoms with E-state index in [1.54, 1.807) is 12.2 Å². The van der Waals surface area contributed by atoms with Gasteiger partial charge in [-0.1, -0.05) is 89.2 Å². The van der Waals surface area contributed by atoms with Crippen LogP contribution in [0.5, 0.6) is 0 Å². The van der Waals surface area contributed by atoms with Crippen molar-refractivity contribution in [1.29, 1.82) is 0 Å². The van der Waals surface area contributed by atoms with Crippen LogP contribution in [0.15, 0.2) is 36.5 Å². The molecule has 0 heterocycles. The molecule has 1 rings (SSSR count). The van der Waals surface area contributed by atoms with Crippen LogP contribution in [-0.4, -0.2) is 58.0 Å². The van der Waals surface area contributed by atoms with E-state index in [0.29, 0.717) is 32.1 Å². The monoisotopic (exact) mass is 614 g/mol. The summed E-state index contributed by atoms with van der Waals surface area (Å²) in [4.78, 5) is 54.5. The summed E-state index contributed by atoms with van der Waals surface area (Å²) in [7, 11) is -4.78. The Hall–Kier alpha value is -2.10. The van der Waals surface area contributed by atoms with Crippen LogP contribution in [0.4, 0.5) is 0 Å². The average molecular weight is 615 g/mol. The number of esters is 2. The Morgan fingerprint density at radius 1 is 0.952 bits per heavy atom. The Bertz CT molecular complexity index is 923. The molecule has 0 amide bonds. The lowest BCUT2D eigenvalue weighted by atomic mass is 9.90. The molecule has 0 spiro atoms. The number of carbonyl (C=O) groups excluding carboxylic acids is 3. The van der Waals surface area contributed by atoms with E-state index in [1.165, 1.54) is 0 Å². The van der Waals surface area contributed by atoms with E-state index in [9.17, 15) is 24.1 Å². The molecule has 11 heteroatoms. The summed E-state index contributed by atoms with van der Waals surface area (Å²) < 4.78 is 25.9. The maximum Gasteiger partial charge on any atom is 0.469 e. The predicted molar refractivity (Wildman–Crippen MR) is 160 cm³/mol. The van der Waals surface area contributed by atoms with Gasteiger partial charge in [0.2, 0.25) is 0 Å². The molecular weight excluding hydrogens is 563 g/mol. The standard InChI is InChI=1S/C31H51O10P/c1-3-5-7-8-14-18-31(35)41-27(24-40-42(36,37)38)23-39-30(34)17-13-10-9-12-15-25-19-22-29(33)28(25)21-20-26(32)16-11-6-4-2/h9,12,19-22,25-28,32H,3-8,10-11,13-18,23-24H2,1-2H3,(H2,36,37,38)/b12-9-,21-20+/t25-,26-,27+,28+/m0/s1. The van der Waals surface area contributed by atoms with Gasteiger partial charge < -0.3 is 24.4 Å². The molecule has 1 aliphatic rings. The number of phosphoric ester groups is 1. The van der Waals surface area contributed by atoms with E-state index in [0.717, 1.165) is 44.9 Å². The minimum Gasteiger partial charge on any atom is -0.462 e. The van der Waals surface area contributed by atoms with Crippen molar-refractivity contribution in [3.63, 3.8) is 0 Å². The normalized spacial score (nSPS) is 18.6. The zero-order valence-electron chi connectivity index (χ0n) is 25.2. The summed E-state index contributed by atoms with van der Waals surface area (Å²) in [6.07, 6.45) is 19.9. The molecule has 0 fully saturated rings. The number of ether oxygens (including phenoxy) is 2. The second kappa shape index (κ2) is 22.4. The molecule has 0 radical (unpaired) electrons. The highest BCUT2D eigenvalue weighted by Crippen LogP contribution is 2.36. The van der Waals surface area contributed by atoms with Crippen LogP contribution in [0.2, 0.25) is 0 Å². The lowest BCUT2D eigenvalue weighted by Crippen LogP contribution is -2.29. The van der Waals surface area contributed by atoms with Gasteiger partial charge in [-0.25, -0.2) is 4.57 Å². The Labute approximate surface area is 250 Å². The van der Waals surface area contributed by atoms with Crippen molar-refractivity contribution < 1.29 is 47.8 Å². The molecule has 4 atom stereocenters. The Kier molecular flexibility index (Phi) is 20.3. The molecule has 0 aliphatic heterocycles. The summed E-state index contributed by atoms with van der Waals surface area (Å²) in [5.74, 6) is -1.26. The zero-order valence-corrected chi connectivity index (χ0v) is 26.1. The van der Waals surface area contributed by atoms with Gasteiger partial charge in [-0.05, 0) is 44.1 Å². The third-order valence-corrected chi connectivity index (χ3v) is 7.39. The number of rotatable bonds is 24. The summed E-state index contributed by atoms with van der Waals surface area (Å²) in [6, 6.07) is 0. The molecule has 10 nitrogen and oxygen atoms in total. The molecule has 240 valence electrons. The van der Waals surface area contributed by atoms with Crippen molar-refractivity contribution in [3.8, 4) is 0 Å². The fourth-order valence-corrected chi connectivity index (χ4v) is 4.84. The van der Waals surface area contributed by atoms with Crippen LogP contribution in [0, 0.1) is 11.8 Å². The lowest BCUT2D eigenvalue weighted by Gasteiger charge is -2.18. The van der Waals surface area contributed by atoms with Gasteiger partial charge in [-0.2, -0.15) is 0 Å². The van der Waals surface area contributed by atoms with Crippen LogP contribution in [0.3, 0.4) is 0 Å². The number of aliphatic hydroxyl groups excluding tert-OH is 1. The quantitative estimate of drug-likeness (QED) is 0.0518. The van der Waals surface area contributed by atoms with Crippen LogP contribution < -0.4 is 0 Å². The zero-order chi connectivity index (χ0) is 31.2. The SMILES string of the molecule is CCCCCCCC(=O)O[C@H](COC(=O)CCC/C=C\C[C@H]1C=CC(=O)[C@@H]1/C=C/[C@@H](O)CCCCC)COP(=O)(O)O. The number of hydrogen-bond acceptors (Lipinski definition) is 8. The van der Waals surface area contributed by atoms with Gasteiger partial charge in [0.05, 0.1) is 12.7 Å². The summed E-state index contributed by atoms with van der Waals surface area (Å²) in [5, 5.41) is 10.1. The molecule has 0 saturated heterocycles. The highest BCUT2D eigenvalue weighted by molar-refractivity contribution is 7.46. The summed E-state index contributed by atoms with van der Waals surface area (Å²) in [5.41, 5.74) is 0. The van der Waals surface area contributed by atoms with Crippen LogP contribution in [0.1, 0.15) is 104 Å². The number of unbranched alkanes of at least 4 members (excludes halogenated alkanes) is 7. The first-order valence-corrected chi connectivity index (χ1v) is 16.9. The molecule has 0 aromatic rings. The Balaban J connectivity index is 2.38. The van der Waals surface area contributed by atoms with Crippen LogP contribution in [-0.2, 0) is 32.9 Å². The number of ketones is 1. The topological polar surface area (TPSA) is 157 Å². The molecular formula is C31H51O10P. The number of hydrogen-bond donors (Lipinski definition) is 3. The molecule has 0 unspecified atom stereocenters. The van der Waals surface area contributed by atoms with E-state index >= 15 is 0 Å². The third-order valence-electron chi connectivity index (χ3n) is 6.91. The van der Waals surface area contributed by atoms with Gasteiger partial charge in [0.25, 0.3) is 0 Å². The van der Waals surface area contributed by atoms with E-state index in [-0.39, 0.29) is 37.1 Å². The first-order chi connectivity index (χ1) is 20.1.